The van der Waals surface area contributed by atoms with E-state index in [0.29, 0.717) is 32.9 Å². The molecule has 0 saturated heterocycles. The molecule has 0 radical (unpaired) electrons. The van der Waals surface area contributed by atoms with Gasteiger partial charge in [0.1, 0.15) is 0 Å². The van der Waals surface area contributed by atoms with Gasteiger partial charge >= 0.3 is 0 Å². The Morgan fingerprint density at radius 1 is 0.550 bits per heavy atom. The molecule has 2 heterocycles. The van der Waals surface area contributed by atoms with Crippen LogP contribution in [0.15, 0.2) is 82.1 Å². The molecule has 10 rings (SSSR count). The Hall–Kier alpha value is -4.85. The first-order valence-electron chi connectivity index (χ1n) is 21.5. The summed E-state index contributed by atoms with van der Waals surface area (Å²) in [5.74, 6) is 0.0486. The summed E-state index contributed by atoms with van der Waals surface area (Å²) >= 11 is 7.88. The fourth-order valence-electron chi connectivity index (χ4n) is 10.5. The van der Waals surface area contributed by atoms with Crippen LogP contribution in [0, 0.1) is 0 Å². The molecule has 5 nitrogen and oxygen atoms in total. The van der Waals surface area contributed by atoms with E-state index >= 15 is 9.59 Å². The lowest BCUT2D eigenvalue weighted by atomic mass is 9.81. The van der Waals surface area contributed by atoms with Crippen molar-refractivity contribution in [1.82, 2.24) is 4.57 Å². The second-order valence-electron chi connectivity index (χ2n) is 18.3. The average Bonchev–Trinajstić information content (AvgIpc) is 3.20. The predicted octanol–water partition coefficient (Wildman–Crippen LogP) is 14.0. The number of nitrogens with zero attached hydrogens (tertiary/aromatic N) is 2. The molecule has 60 heavy (non-hydrogen) atoms. The lowest BCUT2D eigenvalue weighted by Gasteiger charge is -2.33. The van der Waals surface area contributed by atoms with Crippen LogP contribution >= 0.6 is 31.9 Å². The van der Waals surface area contributed by atoms with E-state index in [1.807, 2.05) is 36.4 Å². The lowest BCUT2D eigenvalue weighted by molar-refractivity contribution is 0.0893. The van der Waals surface area contributed by atoms with Gasteiger partial charge in [0, 0.05) is 47.9 Å². The predicted molar refractivity (Wildman–Crippen MR) is 258 cm³/mol. The molecule has 0 atom stereocenters. The van der Waals surface area contributed by atoms with Gasteiger partial charge in [0.05, 0.1) is 16.7 Å². The number of amides is 2. The van der Waals surface area contributed by atoms with Gasteiger partial charge in [-0.25, -0.2) is 4.90 Å². The molecule has 0 unspecified atom stereocenters. The molecule has 1 aromatic heterocycles. The second kappa shape index (κ2) is 14.1. The van der Waals surface area contributed by atoms with E-state index < -0.39 is 0 Å². The molecule has 0 N–H and O–H groups in total. The Morgan fingerprint density at radius 3 is 1.62 bits per heavy atom. The first kappa shape index (κ1) is 39.3. The number of para-hydroxylation sites is 2. The molecule has 2 aliphatic rings. The molecule has 1 aliphatic heterocycles. The van der Waals surface area contributed by atoms with Gasteiger partial charge in [-0.05, 0) is 121 Å². The molecule has 2 amide bonds. The third-order valence-corrected chi connectivity index (χ3v) is 14.7. The number of imide groups is 1. The molecule has 7 aromatic carbocycles. The number of hydrogen-bond donors (Lipinski definition) is 0. The number of carbonyl (C=O) groups is 2. The topological polar surface area (TPSA) is 59.4 Å². The Labute approximate surface area is 367 Å². The summed E-state index contributed by atoms with van der Waals surface area (Å²) in [6, 6.07) is 25.1. The van der Waals surface area contributed by atoms with Gasteiger partial charge in [-0.1, -0.05) is 142 Å². The molecular weight excluding hydrogens is 872 g/mol. The molecule has 1 fully saturated rings. The zero-order valence-electron chi connectivity index (χ0n) is 35.4. The Kier molecular flexibility index (Phi) is 9.24. The van der Waals surface area contributed by atoms with Crippen molar-refractivity contribution >= 4 is 109 Å². The molecular formula is C53H48Br2N2O3. The highest BCUT2D eigenvalue weighted by atomic mass is 79.9. The summed E-state index contributed by atoms with van der Waals surface area (Å²) in [6.07, 6.45) is 3.03. The normalized spacial score (nSPS) is 14.7. The first-order valence-corrected chi connectivity index (χ1v) is 23.4. The number of aromatic nitrogens is 1. The van der Waals surface area contributed by atoms with Crippen molar-refractivity contribution in [3.05, 3.63) is 132 Å². The van der Waals surface area contributed by atoms with Gasteiger partial charge in [-0.15, -0.1) is 0 Å². The van der Waals surface area contributed by atoms with Crippen LogP contribution in [0.3, 0.4) is 0 Å². The van der Waals surface area contributed by atoms with E-state index in [4.69, 9.17) is 0 Å². The van der Waals surface area contributed by atoms with Crippen molar-refractivity contribution in [3.8, 4) is 5.69 Å². The third kappa shape index (κ3) is 5.30. The summed E-state index contributed by atoms with van der Waals surface area (Å²) < 4.78 is 2.88. The molecule has 0 bridgehead atoms. The van der Waals surface area contributed by atoms with E-state index in [2.05, 4.69) is 128 Å². The van der Waals surface area contributed by atoms with Crippen LogP contribution in [0.2, 0.25) is 0 Å². The highest BCUT2D eigenvalue weighted by molar-refractivity contribution is 9.10. The van der Waals surface area contributed by atoms with E-state index in [1.165, 1.54) is 21.6 Å². The lowest BCUT2D eigenvalue weighted by Crippen LogP contribution is -2.42. The van der Waals surface area contributed by atoms with Crippen LogP contribution in [-0.2, 0) is 5.33 Å². The SMILES string of the molecule is CC(C)c1cccc(C(C)C)c1N1C(=O)c2ccc3c4c(Br)cc5c(=O)n(-c6c(C(C)C)cccc6C(C)C)c(=C6CCC6)c6ccc(c7c(CBr)cc(c2c37)C1=O)c4c56. The van der Waals surface area contributed by atoms with Gasteiger partial charge in [0.25, 0.3) is 17.4 Å². The van der Waals surface area contributed by atoms with Crippen molar-refractivity contribution in [2.45, 2.75) is 104 Å². The van der Waals surface area contributed by atoms with E-state index in [1.54, 1.807) is 0 Å². The monoisotopic (exact) mass is 918 g/mol. The van der Waals surface area contributed by atoms with Crippen molar-refractivity contribution in [2.24, 2.45) is 0 Å². The number of pyridine rings is 1. The maximum absolute atomic E-state index is 15.5. The summed E-state index contributed by atoms with van der Waals surface area (Å²) in [5.41, 5.74) is 9.36. The van der Waals surface area contributed by atoms with Gasteiger partial charge < -0.3 is 0 Å². The number of rotatable bonds is 7. The Bertz CT molecular complexity index is 3260. The van der Waals surface area contributed by atoms with Crippen molar-refractivity contribution in [2.75, 3.05) is 4.90 Å². The standard InChI is InChI=1S/C53H48Br2N2O3/c1-25(2)31-14-10-15-32(26(3)4)49(31)56-48(29-12-9-13-29)37-20-18-35-42-30(24-54)22-39-44-38(21-19-36(46(42)44)45-41(55)23-40(52(56)59)43(37)47(35)45)51(58)57(53(39)60)50-33(27(5)6)16-11-17-34(50)28(7)8/h10-11,14-23,25-28H,9,12-13,24H2,1-8H3. The zero-order chi connectivity index (χ0) is 42.2. The number of hydrogen-bond acceptors (Lipinski definition) is 3. The third-order valence-electron chi connectivity index (χ3n) is 13.5. The highest BCUT2D eigenvalue weighted by Gasteiger charge is 2.39. The van der Waals surface area contributed by atoms with Crippen LogP contribution in [0.4, 0.5) is 5.69 Å². The zero-order valence-corrected chi connectivity index (χ0v) is 38.6. The molecule has 1 aliphatic carbocycles. The minimum Gasteiger partial charge on any atom is -0.276 e. The maximum atomic E-state index is 15.5. The largest absolute Gasteiger partial charge is 0.276 e. The smallest absolute Gasteiger partial charge is 0.266 e. The molecule has 0 spiro atoms. The fourth-order valence-corrected chi connectivity index (χ4v) is 11.6. The van der Waals surface area contributed by atoms with Gasteiger partial charge in [-0.2, -0.15) is 0 Å². The second-order valence-corrected chi connectivity index (χ2v) is 19.7. The van der Waals surface area contributed by atoms with Gasteiger partial charge in [-0.3, -0.25) is 19.0 Å². The number of fused-ring (bicyclic) bond motifs is 2. The van der Waals surface area contributed by atoms with Crippen molar-refractivity contribution < 1.29 is 9.59 Å². The summed E-state index contributed by atoms with van der Waals surface area (Å²) in [7, 11) is 0. The van der Waals surface area contributed by atoms with Crippen LogP contribution in [0.5, 0.6) is 0 Å². The average molecular weight is 921 g/mol. The number of anilines is 1. The maximum Gasteiger partial charge on any atom is 0.266 e. The van der Waals surface area contributed by atoms with Crippen LogP contribution in [0.1, 0.15) is 147 Å². The molecule has 8 aromatic rings. The number of alkyl halides is 1. The quantitative estimate of drug-likeness (QED) is 0.0692. The van der Waals surface area contributed by atoms with Crippen LogP contribution in [-0.4, -0.2) is 16.4 Å². The summed E-state index contributed by atoms with van der Waals surface area (Å²) in [4.78, 5) is 47.0. The van der Waals surface area contributed by atoms with Gasteiger partial charge in [0.2, 0.25) is 0 Å². The fraction of sp³-hybridized carbons (Fsp3) is 0.302. The highest BCUT2D eigenvalue weighted by Crippen LogP contribution is 2.50. The van der Waals surface area contributed by atoms with Crippen LogP contribution in [0.25, 0.3) is 65.1 Å². The Balaban J connectivity index is 1.35. The number of benzene rings is 7. The number of halogens is 2. The number of carbonyl (C=O) groups excluding carboxylic acids is 2. The van der Waals surface area contributed by atoms with Crippen molar-refractivity contribution in [1.29, 1.82) is 0 Å². The minimum atomic E-state index is -0.299. The molecule has 1 saturated carbocycles. The van der Waals surface area contributed by atoms with E-state index in [0.717, 1.165) is 94.6 Å². The van der Waals surface area contributed by atoms with E-state index in [9.17, 15) is 4.79 Å². The molecule has 7 heteroatoms. The summed E-state index contributed by atoms with van der Waals surface area (Å²) in [5, 5.41) is 10.9. The Morgan fingerprint density at radius 2 is 1.07 bits per heavy atom. The van der Waals surface area contributed by atoms with Gasteiger partial charge in [0.15, 0.2) is 0 Å². The van der Waals surface area contributed by atoms with Crippen molar-refractivity contribution in [3.63, 3.8) is 0 Å². The minimum absolute atomic E-state index is 0.00760. The van der Waals surface area contributed by atoms with Crippen LogP contribution < -0.4 is 15.8 Å². The molecule has 302 valence electrons. The first-order chi connectivity index (χ1) is 28.8. The van der Waals surface area contributed by atoms with E-state index in [-0.39, 0.29) is 41.0 Å². The summed E-state index contributed by atoms with van der Waals surface area (Å²) in [6.45, 7) is 17.3.